The van der Waals surface area contributed by atoms with Gasteiger partial charge in [-0.05, 0) is 48.4 Å². The van der Waals surface area contributed by atoms with E-state index in [4.69, 9.17) is 27.9 Å². The summed E-state index contributed by atoms with van der Waals surface area (Å²) in [4.78, 5) is 12.6. The minimum Gasteiger partial charge on any atom is -0.343 e. The van der Waals surface area contributed by atoms with Gasteiger partial charge in [0.2, 0.25) is 5.60 Å². The topological polar surface area (TPSA) is 29.6 Å². The van der Waals surface area contributed by atoms with Crippen LogP contribution in [0.2, 0.25) is 10.0 Å². The Kier molecular flexibility index (Phi) is 4.69. The van der Waals surface area contributed by atoms with Gasteiger partial charge >= 0.3 is 6.18 Å². The fourth-order valence-electron chi connectivity index (χ4n) is 2.71. The van der Waals surface area contributed by atoms with Crippen molar-refractivity contribution in [1.29, 1.82) is 0 Å². The van der Waals surface area contributed by atoms with E-state index in [9.17, 15) is 18.0 Å². The number of benzene rings is 2. The summed E-state index contributed by atoms with van der Waals surface area (Å²) in [5.41, 5.74) is -2.15. The zero-order valence-corrected chi connectivity index (χ0v) is 15.7. The van der Waals surface area contributed by atoms with Crippen LogP contribution in [0.15, 0.2) is 40.9 Å². The molecule has 0 aromatic heterocycles. The van der Waals surface area contributed by atoms with Crippen molar-refractivity contribution in [2.24, 2.45) is 0 Å². The first-order chi connectivity index (χ1) is 11.6. The predicted octanol–water partition coefficient (Wildman–Crippen LogP) is 6.10. The molecule has 1 saturated heterocycles. The van der Waals surface area contributed by atoms with Crippen LogP contribution in [0.25, 0.3) is 0 Å². The fraction of sp³-hybridized carbons (Fsp3) is 0.235. The minimum atomic E-state index is -4.80. The molecule has 2 aromatic rings. The monoisotopic (exact) mass is 452 g/mol. The standard InChI is InChI=1S/C17H10BrCl2F3O2/c1-8-4-9(2-3-13(8)18)14(24)15-16(25-15,17(21,22)23)10-5-11(19)7-12(20)6-10/h2-7,15H,1H3. The Bertz CT molecular complexity index is 849. The van der Waals surface area contributed by atoms with Gasteiger partial charge in [-0.3, -0.25) is 4.79 Å². The van der Waals surface area contributed by atoms with E-state index in [1.54, 1.807) is 13.0 Å². The molecule has 0 N–H and O–H groups in total. The van der Waals surface area contributed by atoms with Crippen molar-refractivity contribution in [3.8, 4) is 0 Å². The maximum atomic E-state index is 13.7. The van der Waals surface area contributed by atoms with E-state index >= 15 is 0 Å². The number of halogens is 6. The van der Waals surface area contributed by atoms with Crippen molar-refractivity contribution in [3.63, 3.8) is 0 Å². The van der Waals surface area contributed by atoms with Crippen LogP contribution in [0.4, 0.5) is 13.2 Å². The van der Waals surface area contributed by atoms with Gasteiger partial charge in [-0.2, -0.15) is 13.2 Å². The van der Waals surface area contributed by atoms with E-state index in [-0.39, 0.29) is 21.2 Å². The first-order valence-corrected chi connectivity index (χ1v) is 8.62. The summed E-state index contributed by atoms with van der Waals surface area (Å²) in [6.45, 7) is 1.74. The van der Waals surface area contributed by atoms with Gasteiger partial charge in [-0.1, -0.05) is 45.2 Å². The molecular formula is C17H10BrCl2F3O2. The first kappa shape index (κ1) is 18.7. The summed E-state index contributed by atoms with van der Waals surface area (Å²) in [5, 5.41) is 0.0691. The number of carbonyl (C=O) groups is 1. The predicted molar refractivity (Wildman–Crippen MR) is 92.3 cm³/mol. The number of hydrogen-bond donors (Lipinski definition) is 0. The van der Waals surface area contributed by atoms with E-state index in [1.165, 1.54) is 18.2 Å². The van der Waals surface area contributed by atoms with Gasteiger partial charge in [0.25, 0.3) is 0 Å². The molecule has 2 nitrogen and oxygen atoms in total. The lowest BCUT2D eigenvalue weighted by molar-refractivity contribution is -0.187. The lowest BCUT2D eigenvalue weighted by Gasteiger charge is -2.18. The van der Waals surface area contributed by atoms with Gasteiger partial charge in [0.1, 0.15) is 0 Å². The summed E-state index contributed by atoms with van der Waals surface area (Å²) >= 11 is 14.9. The molecule has 0 radical (unpaired) electrons. The number of alkyl halides is 3. The number of carbonyl (C=O) groups excluding carboxylic acids is 1. The summed E-state index contributed by atoms with van der Waals surface area (Å²) in [6, 6.07) is 8.11. The van der Waals surface area contributed by atoms with Gasteiger partial charge in [0.05, 0.1) is 0 Å². The zero-order chi connectivity index (χ0) is 18.6. The van der Waals surface area contributed by atoms with Gasteiger partial charge in [0.15, 0.2) is 11.9 Å². The summed E-state index contributed by atoms with van der Waals surface area (Å²) in [6.07, 6.45) is -6.48. The minimum absolute atomic E-state index is 0.0345. The molecule has 0 spiro atoms. The largest absolute Gasteiger partial charge is 0.424 e. The van der Waals surface area contributed by atoms with Gasteiger partial charge in [0, 0.05) is 20.1 Å². The van der Waals surface area contributed by atoms with E-state index in [1.807, 2.05) is 0 Å². The van der Waals surface area contributed by atoms with Gasteiger partial charge in [-0.25, -0.2) is 0 Å². The van der Waals surface area contributed by atoms with Crippen LogP contribution in [0.1, 0.15) is 21.5 Å². The molecule has 25 heavy (non-hydrogen) atoms. The Morgan fingerprint density at radius 1 is 1.16 bits per heavy atom. The van der Waals surface area contributed by atoms with Crippen molar-refractivity contribution >= 4 is 44.9 Å². The Morgan fingerprint density at radius 3 is 2.28 bits per heavy atom. The highest BCUT2D eigenvalue weighted by Crippen LogP contribution is 2.58. The van der Waals surface area contributed by atoms with Crippen LogP contribution in [0.3, 0.4) is 0 Å². The Hall–Kier alpha value is -1.08. The fourth-order valence-corrected chi connectivity index (χ4v) is 3.48. The van der Waals surface area contributed by atoms with Crippen LogP contribution in [0.5, 0.6) is 0 Å². The molecule has 1 aliphatic heterocycles. The third kappa shape index (κ3) is 3.21. The molecule has 8 heteroatoms. The maximum Gasteiger partial charge on any atom is 0.424 e. The highest BCUT2D eigenvalue weighted by Gasteiger charge is 2.76. The first-order valence-electron chi connectivity index (χ1n) is 7.08. The number of ether oxygens (including phenoxy) is 1. The van der Waals surface area contributed by atoms with Gasteiger partial charge in [-0.15, -0.1) is 0 Å². The maximum absolute atomic E-state index is 13.7. The molecule has 2 unspecified atom stereocenters. The van der Waals surface area contributed by atoms with Crippen molar-refractivity contribution < 1.29 is 22.7 Å². The molecule has 0 bridgehead atoms. The number of hydrogen-bond acceptors (Lipinski definition) is 2. The van der Waals surface area contributed by atoms with E-state index < -0.39 is 23.7 Å². The lowest BCUT2D eigenvalue weighted by atomic mass is 9.90. The third-order valence-electron chi connectivity index (χ3n) is 4.01. The number of Topliss-reactive ketones (excluding diaryl/α,β-unsaturated/α-hetero) is 1. The number of rotatable bonds is 3. The second kappa shape index (κ2) is 6.27. The summed E-state index contributed by atoms with van der Waals surface area (Å²) < 4.78 is 46.9. The zero-order valence-electron chi connectivity index (χ0n) is 12.6. The smallest absolute Gasteiger partial charge is 0.343 e. The van der Waals surface area contributed by atoms with Crippen LogP contribution in [-0.2, 0) is 10.3 Å². The molecule has 2 aromatic carbocycles. The van der Waals surface area contributed by atoms with E-state index in [0.29, 0.717) is 0 Å². The van der Waals surface area contributed by atoms with Crippen molar-refractivity contribution in [1.82, 2.24) is 0 Å². The molecule has 0 aliphatic carbocycles. The number of ketones is 1. The van der Waals surface area contributed by atoms with Crippen molar-refractivity contribution in [2.75, 3.05) is 0 Å². The van der Waals surface area contributed by atoms with Crippen LogP contribution < -0.4 is 0 Å². The normalized spacial score (nSPS) is 22.8. The van der Waals surface area contributed by atoms with E-state index in [0.717, 1.165) is 22.2 Å². The average Bonchev–Trinajstić information content (AvgIpc) is 3.25. The van der Waals surface area contributed by atoms with Crippen molar-refractivity contribution in [2.45, 2.75) is 24.8 Å². The molecular weight excluding hydrogens is 444 g/mol. The molecule has 3 rings (SSSR count). The molecule has 0 amide bonds. The van der Waals surface area contributed by atoms with Crippen LogP contribution in [0, 0.1) is 6.92 Å². The lowest BCUT2D eigenvalue weighted by Crippen LogP contribution is -2.35. The number of epoxide rings is 1. The molecule has 1 aliphatic rings. The third-order valence-corrected chi connectivity index (χ3v) is 5.34. The Morgan fingerprint density at radius 2 is 1.76 bits per heavy atom. The van der Waals surface area contributed by atoms with Crippen LogP contribution >= 0.6 is 39.1 Å². The molecule has 1 heterocycles. The Labute approximate surface area is 160 Å². The summed E-state index contributed by atoms with van der Waals surface area (Å²) in [5.74, 6) is -0.746. The molecule has 0 saturated carbocycles. The second-order valence-corrected chi connectivity index (χ2v) is 7.44. The summed E-state index contributed by atoms with van der Waals surface area (Å²) in [7, 11) is 0. The Balaban J connectivity index is 2.03. The van der Waals surface area contributed by atoms with Crippen molar-refractivity contribution in [3.05, 3.63) is 67.6 Å². The highest BCUT2D eigenvalue weighted by atomic mass is 79.9. The molecule has 2 atom stereocenters. The molecule has 1 fully saturated rings. The number of aryl methyl sites for hydroxylation is 1. The highest BCUT2D eigenvalue weighted by molar-refractivity contribution is 9.10. The molecule has 132 valence electrons. The SMILES string of the molecule is Cc1cc(C(=O)C2OC2(c2cc(Cl)cc(Cl)c2)C(F)(F)F)ccc1Br. The average molecular weight is 454 g/mol. The second-order valence-electron chi connectivity index (χ2n) is 5.72. The van der Waals surface area contributed by atoms with Gasteiger partial charge < -0.3 is 4.74 Å². The van der Waals surface area contributed by atoms with E-state index in [2.05, 4.69) is 15.9 Å². The van der Waals surface area contributed by atoms with Crippen LogP contribution in [-0.4, -0.2) is 18.1 Å². The quantitative estimate of drug-likeness (QED) is 0.414.